The van der Waals surface area contributed by atoms with Crippen LogP contribution in [0.4, 0.5) is 0 Å². The molecule has 6 nitrogen and oxygen atoms in total. The van der Waals surface area contributed by atoms with Crippen LogP contribution in [0.3, 0.4) is 0 Å². The van der Waals surface area contributed by atoms with Crippen LogP contribution in [-0.2, 0) is 19.4 Å². The van der Waals surface area contributed by atoms with Crippen molar-refractivity contribution in [3.05, 3.63) is 60.2 Å². The van der Waals surface area contributed by atoms with Crippen LogP contribution in [0, 0.1) is 6.92 Å². The van der Waals surface area contributed by atoms with E-state index in [1.54, 1.807) is 12.1 Å². The molecule has 140 valence electrons. The van der Waals surface area contributed by atoms with Gasteiger partial charge in [0.05, 0.1) is 11.5 Å². The molecule has 0 aliphatic rings. The number of carboxylic acid groups (broad SMARTS) is 1. The molecule has 0 radical (unpaired) electrons. The lowest BCUT2D eigenvalue weighted by Gasteiger charge is -2.14. The number of aryl methyl sites for hydroxylation is 1. The lowest BCUT2D eigenvalue weighted by Crippen LogP contribution is -2.31. The number of carbonyl (C=O) groups is 1. The summed E-state index contributed by atoms with van der Waals surface area (Å²) in [6, 6.07) is 15.3. The molecule has 0 saturated carbocycles. The summed E-state index contributed by atoms with van der Waals surface area (Å²) < 4.78 is 35.8. The number of hydrogen-bond donors (Lipinski definition) is 1. The van der Waals surface area contributed by atoms with Gasteiger partial charge in [0.1, 0.15) is 12.4 Å². The molecular weight excluding hydrogens is 356 g/mol. The van der Waals surface area contributed by atoms with E-state index in [0.717, 1.165) is 5.56 Å². The van der Waals surface area contributed by atoms with Gasteiger partial charge in [-0.25, -0.2) is 8.42 Å². The second-order valence-corrected chi connectivity index (χ2v) is 7.88. The van der Waals surface area contributed by atoms with Gasteiger partial charge in [-0.2, -0.15) is 0 Å². The minimum absolute atomic E-state index is 0.00270. The quantitative estimate of drug-likeness (QED) is 0.640. The van der Waals surface area contributed by atoms with Gasteiger partial charge in [-0.15, -0.1) is 0 Å². The van der Waals surface area contributed by atoms with Crippen LogP contribution in [0.1, 0.15) is 12.0 Å². The molecule has 2 aromatic carbocycles. The van der Waals surface area contributed by atoms with Crippen LogP contribution >= 0.6 is 0 Å². The highest BCUT2D eigenvalue weighted by molar-refractivity contribution is 7.92. The largest absolute Gasteiger partial charge is 0.491 e. The van der Waals surface area contributed by atoms with Crippen LogP contribution in [0.5, 0.6) is 5.75 Å². The SMILES string of the molecule is Cc1ccc(S(=O)(=O)C(CCOCCOc2ccccc2)C(=O)O)cc1. The Labute approximate surface area is 153 Å². The normalized spacial score (nSPS) is 12.5. The molecule has 7 heteroatoms. The zero-order valence-corrected chi connectivity index (χ0v) is 15.3. The predicted molar refractivity (Wildman–Crippen MR) is 97.2 cm³/mol. The van der Waals surface area contributed by atoms with E-state index in [9.17, 15) is 18.3 Å². The molecule has 2 aromatic rings. The minimum Gasteiger partial charge on any atom is -0.491 e. The molecule has 0 aromatic heterocycles. The summed E-state index contributed by atoms with van der Waals surface area (Å²) in [4.78, 5) is 11.4. The predicted octanol–water partition coefficient (Wildman–Crippen LogP) is 2.71. The van der Waals surface area contributed by atoms with Crippen molar-refractivity contribution >= 4 is 15.8 Å². The standard InChI is InChI=1S/C19H22O6S/c1-15-7-9-17(10-8-15)26(22,23)18(19(20)21)11-12-24-13-14-25-16-5-3-2-4-6-16/h2-10,18H,11-14H2,1H3,(H,20,21). The smallest absolute Gasteiger partial charge is 0.322 e. The first-order chi connectivity index (χ1) is 12.4. The van der Waals surface area contributed by atoms with E-state index in [0.29, 0.717) is 12.4 Å². The Balaban J connectivity index is 1.84. The van der Waals surface area contributed by atoms with E-state index in [1.165, 1.54) is 12.1 Å². The van der Waals surface area contributed by atoms with Crippen LogP contribution in [0.25, 0.3) is 0 Å². The van der Waals surface area contributed by atoms with Crippen molar-refractivity contribution in [2.75, 3.05) is 19.8 Å². The lowest BCUT2D eigenvalue weighted by atomic mass is 10.2. The molecule has 0 spiro atoms. The molecule has 0 amide bonds. The lowest BCUT2D eigenvalue weighted by molar-refractivity contribution is -0.136. The van der Waals surface area contributed by atoms with Crippen molar-refractivity contribution in [2.45, 2.75) is 23.5 Å². The average molecular weight is 378 g/mol. The van der Waals surface area contributed by atoms with E-state index in [4.69, 9.17) is 9.47 Å². The molecule has 0 aliphatic heterocycles. The molecule has 1 atom stereocenters. The number of carboxylic acids is 1. The molecule has 26 heavy (non-hydrogen) atoms. The second-order valence-electron chi connectivity index (χ2n) is 5.75. The van der Waals surface area contributed by atoms with Gasteiger partial charge in [-0.3, -0.25) is 4.79 Å². The number of sulfone groups is 1. The average Bonchev–Trinajstić information content (AvgIpc) is 2.61. The maximum absolute atomic E-state index is 12.5. The number of para-hydroxylation sites is 1. The third-order valence-corrected chi connectivity index (χ3v) is 5.88. The molecule has 1 unspecified atom stereocenters. The molecule has 0 saturated heterocycles. The van der Waals surface area contributed by atoms with E-state index >= 15 is 0 Å². The Hall–Kier alpha value is -2.38. The van der Waals surface area contributed by atoms with Crippen LogP contribution < -0.4 is 4.74 Å². The highest BCUT2D eigenvalue weighted by atomic mass is 32.2. The van der Waals surface area contributed by atoms with Crippen molar-refractivity contribution in [1.29, 1.82) is 0 Å². The number of benzene rings is 2. The van der Waals surface area contributed by atoms with Gasteiger partial charge in [0.25, 0.3) is 0 Å². The van der Waals surface area contributed by atoms with E-state index in [-0.39, 0.29) is 24.5 Å². The Morgan fingerprint density at radius 1 is 1.00 bits per heavy atom. The maximum Gasteiger partial charge on any atom is 0.322 e. The van der Waals surface area contributed by atoms with Gasteiger partial charge in [0, 0.05) is 6.61 Å². The van der Waals surface area contributed by atoms with E-state index in [1.807, 2.05) is 37.3 Å². The van der Waals surface area contributed by atoms with Crippen LogP contribution in [-0.4, -0.2) is 44.6 Å². The van der Waals surface area contributed by atoms with Crippen molar-refractivity contribution in [2.24, 2.45) is 0 Å². The second kappa shape index (κ2) is 9.35. The van der Waals surface area contributed by atoms with Gasteiger partial charge in [-0.1, -0.05) is 35.9 Å². The fourth-order valence-corrected chi connectivity index (χ4v) is 3.85. The van der Waals surface area contributed by atoms with E-state index in [2.05, 4.69) is 0 Å². The van der Waals surface area contributed by atoms with Crippen molar-refractivity contribution in [3.8, 4) is 5.75 Å². The molecule has 2 rings (SSSR count). The molecule has 0 aliphatic carbocycles. The fraction of sp³-hybridized carbons (Fsp3) is 0.316. The summed E-state index contributed by atoms with van der Waals surface area (Å²) in [7, 11) is -3.96. The van der Waals surface area contributed by atoms with Gasteiger partial charge < -0.3 is 14.6 Å². The van der Waals surface area contributed by atoms with Crippen molar-refractivity contribution < 1.29 is 27.8 Å². The third kappa shape index (κ3) is 5.57. The first-order valence-electron chi connectivity index (χ1n) is 8.20. The Bertz CT molecular complexity index is 800. The van der Waals surface area contributed by atoms with E-state index < -0.39 is 21.1 Å². The van der Waals surface area contributed by atoms with Gasteiger partial charge in [0.2, 0.25) is 0 Å². The molecule has 0 fully saturated rings. The summed E-state index contributed by atoms with van der Waals surface area (Å²) in [6.45, 7) is 2.38. The van der Waals surface area contributed by atoms with Gasteiger partial charge in [-0.05, 0) is 37.6 Å². The maximum atomic E-state index is 12.5. The fourth-order valence-electron chi connectivity index (χ4n) is 2.33. The Kier molecular flexibility index (Phi) is 7.17. The summed E-state index contributed by atoms with van der Waals surface area (Å²) in [5.74, 6) is -0.670. The van der Waals surface area contributed by atoms with Crippen molar-refractivity contribution in [3.63, 3.8) is 0 Å². The van der Waals surface area contributed by atoms with Crippen LogP contribution in [0.2, 0.25) is 0 Å². The number of ether oxygens (including phenoxy) is 2. The van der Waals surface area contributed by atoms with Crippen LogP contribution in [0.15, 0.2) is 59.5 Å². The first-order valence-corrected chi connectivity index (χ1v) is 9.75. The van der Waals surface area contributed by atoms with Gasteiger partial charge >= 0.3 is 5.97 Å². The summed E-state index contributed by atoms with van der Waals surface area (Å²) in [5, 5.41) is 7.78. The molecule has 0 bridgehead atoms. The monoisotopic (exact) mass is 378 g/mol. The summed E-state index contributed by atoms with van der Waals surface area (Å²) >= 11 is 0. The Morgan fingerprint density at radius 2 is 1.65 bits per heavy atom. The molecule has 1 N–H and O–H groups in total. The highest BCUT2D eigenvalue weighted by Gasteiger charge is 2.33. The summed E-state index contributed by atoms with van der Waals surface area (Å²) in [6.07, 6.45) is -0.128. The third-order valence-electron chi connectivity index (χ3n) is 3.76. The molecular formula is C19H22O6S. The summed E-state index contributed by atoms with van der Waals surface area (Å²) in [5.41, 5.74) is 0.901. The zero-order chi connectivity index (χ0) is 19.0. The first kappa shape index (κ1) is 19.9. The number of aliphatic carboxylic acids is 1. The van der Waals surface area contributed by atoms with Crippen molar-refractivity contribution in [1.82, 2.24) is 0 Å². The molecule has 0 heterocycles. The minimum atomic E-state index is -3.96. The highest BCUT2D eigenvalue weighted by Crippen LogP contribution is 2.19. The number of rotatable bonds is 10. The topological polar surface area (TPSA) is 89.9 Å². The number of hydrogen-bond acceptors (Lipinski definition) is 5. The zero-order valence-electron chi connectivity index (χ0n) is 14.5. The Morgan fingerprint density at radius 3 is 2.27 bits per heavy atom. The van der Waals surface area contributed by atoms with Gasteiger partial charge in [0.15, 0.2) is 15.1 Å².